The van der Waals surface area contributed by atoms with Crippen LogP contribution >= 0.6 is 15.9 Å². The molecule has 4 nitrogen and oxygen atoms in total. The zero-order valence-corrected chi connectivity index (χ0v) is 11.3. The number of hydrogen-bond acceptors (Lipinski definition) is 3. The molecule has 0 aliphatic carbocycles. The van der Waals surface area contributed by atoms with Crippen LogP contribution in [0.15, 0.2) is 57.6 Å². The SMILES string of the molecule is O=C(Nc1ccccn1)c1cc2ccc(Br)cc2o1. The van der Waals surface area contributed by atoms with Gasteiger partial charge in [0, 0.05) is 16.1 Å². The van der Waals surface area contributed by atoms with Crippen molar-refractivity contribution in [2.24, 2.45) is 0 Å². The highest BCUT2D eigenvalue weighted by atomic mass is 79.9. The molecular formula is C14H9BrN2O2. The van der Waals surface area contributed by atoms with Gasteiger partial charge < -0.3 is 9.73 Å². The fourth-order valence-electron chi connectivity index (χ4n) is 1.73. The normalized spacial score (nSPS) is 10.6. The highest BCUT2D eigenvalue weighted by Crippen LogP contribution is 2.23. The van der Waals surface area contributed by atoms with Crippen molar-refractivity contribution >= 4 is 38.6 Å². The number of carbonyl (C=O) groups is 1. The van der Waals surface area contributed by atoms with Crippen molar-refractivity contribution in [3.05, 3.63) is 58.9 Å². The summed E-state index contributed by atoms with van der Waals surface area (Å²) in [5.41, 5.74) is 0.667. The van der Waals surface area contributed by atoms with Crippen LogP contribution in [0.1, 0.15) is 10.6 Å². The summed E-state index contributed by atoms with van der Waals surface area (Å²) >= 11 is 3.36. The molecule has 5 heteroatoms. The fraction of sp³-hybridized carbons (Fsp3) is 0. The number of nitrogens with one attached hydrogen (secondary N) is 1. The minimum Gasteiger partial charge on any atom is -0.451 e. The molecule has 2 heterocycles. The maximum absolute atomic E-state index is 12.0. The summed E-state index contributed by atoms with van der Waals surface area (Å²) in [5.74, 6) is 0.443. The first kappa shape index (κ1) is 11.9. The van der Waals surface area contributed by atoms with Crippen molar-refractivity contribution in [2.45, 2.75) is 0 Å². The molecule has 0 unspecified atom stereocenters. The van der Waals surface area contributed by atoms with Crippen molar-refractivity contribution < 1.29 is 9.21 Å². The fourth-order valence-corrected chi connectivity index (χ4v) is 2.07. The second-order valence-electron chi connectivity index (χ2n) is 3.96. The average Bonchev–Trinajstić information content (AvgIpc) is 2.83. The predicted molar refractivity (Wildman–Crippen MR) is 76.1 cm³/mol. The molecule has 0 saturated heterocycles. The first-order valence-electron chi connectivity index (χ1n) is 5.64. The van der Waals surface area contributed by atoms with Crippen LogP contribution < -0.4 is 5.32 Å². The van der Waals surface area contributed by atoms with E-state index in [1.807, 2.05) is 18.2 Å². The summed E-state index contributed by atoms with van der Waals surface area (Å²) in [6.07, 6.45) is 1.62. The zero-order valence-electron chi connectivity index (χ0n) is 9.76. The van der Waals surface area contributed by atoms with E-state index in [-0.39, 0.29) is 11.7 Å². The number of furan rings is 1. The van der Waals surface area contributed by atoms with Gasteiger partial charge in [-0.3, -0.25) is 4.79 Å². The van der Waals surface area contributed by atoms with E-state index >= 15 is 0 Å². The van der Waals surface area contributed by atoms with Gasteiger partial charge in [0.05, 0.1) is 0 Å². The van der Waals surface area contributed by atoms with Gasteiger partial charge >= 0.3 is 0 Å². The smallest absolute Gasteiger partial charge is 0.292 e. The Morgan fingerprint density at radius 2 is 2.11 bits per heavy atom. The lowest BCUT2D eigenvalue weighted by Crippen LogP contribution is -2.11. The number of pyridine rings is 1. The molecule has 19 heavy (non-hydrogen) atoms. The molecule has 94 valence electrons. The van der Waals surface area contributed by atoms with Gasteiger partial charge in [-0.25, -0.2) is 4.98 Å². The number of aromatic nitrogens is 1. The standard InChI is InChI=1S/C14H9BrN2O2/c15-10-5-4-9-7-12(19-11(9)8-10)14(18)17-13-3-1-2-6-16-13/h1-8H,(H,16,17,18). The molecule has 3 rings (SSSR count). The summed E-state index contributed by atoms with van der Waals surface area (Å²) in [5, 5.41) is 3.56. The van der Waals surface area contributed by atoms with Gasteiger partial charge in [-0.2, -0.15) is 0 Å². The summed E-state index contributed by atoms with van der Waals surface area (Å²) in [7, 11) is 0. The molecule has 2 aromatic heterocycles. The summed E-state index contributed by atoms with van der Waals surface area (Å²) in [6.45, 7) is 0. The van der Waals surface area contributed by atoms with Crippen LogP contribution in [0, 0.1) is 0 Å². The summed E-state index contributed by atoms with van der Waals surface area (Å²) in [6, 6.07) is 12.6. The highest BCUT2D eigenvalue weighted by Gasteiger charge is 2.12. The maximum Gasteiger partial charge on any atom is 0.292 e. The minimum atomic E-state index is -0.314. The lowest BCUT2D eigenvalue weighted by atomic mass is 10.2. The van der Waals surface area contributed by atoms with E-state index in [1.54, 1.807) is 30.5 Å². The third kappa shape index (κ3) is 2.51. The second kappa shape index (κ2) is 4.85. The average molecular weight is 317 g/mol. The molecule has 0 fully saturated rings. The van der Waals surface area contributed by atoms with Crippen molar-refractivity contribution in [3.8, 4) is 0 Å². The van der Waals surface area contributed by atoms with Crippen LogP contribution in [0.2, 0.25) is 0 Å². The van der Waals surface area contributed by atoms with E-state index in [2.05, 4.69) is 26.2 Å². The minimum absolute atomic E-state index is 0.263. The maximum atomic E-state index is 12.0. The van der Waals surface area contributed by atoms with E-state index in [4.69, 9.17) is 4.42 Å². The number of fused-ring (bicyclic) bond motifs is 1. The quantitative estimate of drug-likeness (QED) is 0.781. The van der Waals surface area contributed by atoms with Gasteiger partial charge in [-0.05, 0) is 36.4 Å². The topological polar surface area (TPSA) is 55.1 Å². The van der Waals surface area contributed by atoms with Crippen molar-refractivity contribution in [3.63, 3.8) is 0 Å². The summed E-state index contributed by atoms with van der Waals surface area (Å²) < 4.78 is 6.42. The van der Waals surface area contributed by atoms with Crippen LogP contribution in [0.5, 0.6) is 0 Å². The molecule has 1 aromatic carbocycles. The Kier molecular flexibility index (Phi) is 3.05. The lowest BCUT2D eigenvalue weighted by molar-refractivity contribution is 0.0998. The van der Waals surface area contributed by atoms with E-state index in [0.717, 1.165) is 9.86 Å². The largest absolute Gasteiger partial charge is 0.451 e. The molecule has 0 aliphatic rings. The van der Waals surface area contributed by atoms with Crippen LogP contribution in [-0.4, -0.2) is 10.9 Å². The molecule has 0 aliphatic heterocycles. The van der Waals surface area contributed by atoms with E-state index in [9.17, 15) is 4.79 Å². The summed E-state index contributed by atoms with van der Waals surface area (Å²) in [4.78, 5) is 16.0. The molecule has 1 N–H and O–H groups in total. The molecule has 0 radical (unpaired) electrons. The first-order chi connectivity index (χ1) is 9.22. The Morgan fingerprint density at radius 1 is 1.21 bits per heavy atom. The Labute approximate surface area is 117 Å². The third-order valence-electron chi connectivity index (χ3n) is 2.61. The second-order valence-corrected chi connectivity index (χ2v) is 4.88. The zero-order chi connectivity index (χ0) is 13.2. The van der Waals surface area contributed by atoms with Gasteiger partial charge in [0.2, 0.25) is 0 Å². The molecule has 3 aromatic rings. The van der Waals surface area contributed by atoms with Crippen molar-refractivity contribution in [1.29, 1.82) is 0 Å². The lowest BCUT2D eigenvalue weighted by Gasteiger charge is -2.00. The Bertz CT molecular complexity index is 738. The number of halogens is 1. The number of amides is 1. The Hall–Kier alpha value is -2.14. The molecule has 0 bridgehead atoms. The van der Waals surface area contributed by atoms with Gasteiger partial charge in [0.1, 0.15) is 11.4 Å². The van der Waals surface area contributed by atoms with Crippen LogP contribution in [0.25, 0.3) is 11.0 Å². The molecule has 1 amide bonds. The highest BCUT2D eigenvalue weighted by molar-refractivity contribution is 9.10. The van der Waals surface area contributed by atoms with Gasteiger partial charge in [0.25, 0.3) is 5.91 Å². The van der Waals surface area contributed by atoms with Crippen molar-refractivity contribution in [2.75, 3.05) is 5.32 Å². The number of benzene rings is 1. The monoisotopic (exact) mass is 316 g/mol. The Morgan fingerprint density at radius 3 is 2.89 bits per heavy atom. The predicted octanol–water partition coefficient (Wildman–Crippen LogP) is 3.84. The van der Waals surface area contributed by atoms with Crippen molar-refractivity contribution in [1.82, 2.24) is 4.98 Å². The number of hydrogen-bond donors (Lipinski definition) is 1. The van der Waals surface area contributed by atoms with E-state index < -0.39 is 0 Å². The molecule has 0 atom stereocenters. The van der Waals surface area contributed by atoms with Crippen LogP contribution in [0.3, 0.4) is 0 Å². The molecular weight excluding hydrogens is 308 g/mol. The number of nitrogens with zero attached hydrogens (tertiary/aromatic N) is 1. The Balaban J connectivity index is 1.89. The van der Waals surface area contributed by atoms with E-state index in [0.29, 0.717) is 11.4 Å². The first-order valence-corrected chi connectivity index (χ1v) is 6.43. The molecule has 0 saturated carbocycles. The number of carbonyl (C=O) groups excluding carboxylic acids is 1. The van der Waals surface area contributed by atoms with Gasteiger partial charge in [0.15, 0.2) is 5.76 Å². The number of anilines is 1. The van der Waals surface area contributed by atoms with Gasteiger partial charge in [-0.15, -0.1) is 0 Å². The van der Waals surface area contributed by atoms with Gasteiger partial charge in [-0.1, -0.05) is 22.0 Å². The van der Waals surface area contributed by atoms with E-state index in [1.165, 1.54) is 0 Å². The van der Waals surface area contributed by atoms with Crippen LogP contribution in [0.4, 0.5) is 5.82 Å². The molecule has 0 spiro atoms. The number of rotatable bonds is 2. The third-order valence-corrected chi connectivity index (χ3v) is 3.11. The van der Waals surface area contributed by atoms with Crippen LogP contribution in [-0.2, 0) is 0 Å².